The minimum Gasteiger partial charge on any atom is -0.403 e. The van der Waals surface area contributed by atoms with Crippen molar-refractivity contribution in [2.45, 2.75) is 0 Å². The van der Waals surface area contributed by atoms with Crippen molar-refractivity contribution >= 4 is 41.3 Å². The summed E-state index contributed by atoms with van der Waals surface area (Å²) in [7, 11) is -4.72. The summed E-state index contributed by atoms with van der Waals surface area (Å²) in [6.45, 7) is 0. The summed E-state index contributed by atoms with van der Waals surface area (Å²) in [5, 5.41) is 0.439. The van der Waals surface area contributed by atoms with Gasteiger partial charge in [0, 0.05) is 3.57 Å². The van der Waals surface area contributed by atoms with Crippen LogP contribution in [-0.4, -0.2) is 19.8 Å². The molecule has 0 radical (unpaired) electrons. The monoisotopic (exact) mass is 444 g/mol. The molecule has 7 nitrogen and oxygen atoms in total. The van der Waals surface area contributed by atoms with E-state index in [1.165, 1.54) is 6.07 Å². The summed E-state index contributed by atoms with van der Waals surface area (Å²) in [6, 6.07) is 11.4. The fourth-order valence-corrected chi connectivity index (χ4v) is 3.02. The Bertz CT molecular complexity index is 998. The van der Waals surface area contributed by atoms with Gasteiger partial charge in [0.2, 0.25) is 0 Å². The molecule has 0 unspecified atom stereocenters. The van der Waals surface area contributed by atoms with Gasteiger partial charge >= 0.3 is 7.82 Å². The molecule has 2 aromatic carbocycles. The van der Waals surface area contributed by atoms with Crippen molar-refractivity contribution in [3.63, 3.8) is 0 Å². The van der Waals surface area contributed by atoms with Gasteiger partial charge in [0.25, 0.3) is 5.56 Å². The SMILES string of the molecule is O=c1[nH]c(-c2ccccc2OP(=O)(O)O)nc2ccc(I)cc12. The molecule has 0 aliphatic heterocycles. The Morgan fingerprint density at radius 2 is 1.91 bits per heavy atom. The molecule has 0 saturated carbocycles. The third kappa shape index (κ3) is 3.61. The molecular weight excluding hydrogens is 434 g/mol. The van der Waals surface area contributed by atoms with Gasteiger partial charge in [-0.15, -0.1) is 0 Å². The standard InChI is InChI=1S/C14H10IN2O5P/c15-8-5-6-11-10(7-8)14(18)17-13(16-11)9-3-1-2-4-12(9)22-23(19,20)21/h1-7H,(H,16,17,18)(H2,19,20,21). The van der Waals surface area contributed by atoms with E-state index < -0.39 is 7.82 Å². The van der Waals surface area contributed by atoms with Crippen molar-refractivity contribution in [2.24, 2.45) is 0 Å². The number of benzene rings is 2. The maximum atomic E-state index is 12.2. The van der Waals surface area contributed by atoms with Gasteiger partial charge in [-0.1, -0.05) is 12.1 Å². The fourth-order valence-electron chi connectivity index (χ4n) is 2.11. The molecule has 23 heavy (non-hydrogen) atoms. The molecule has 0 saturated heterocycles. The van der Waals surface area contributed by atoms with Crippen LogP contribution < -0.4 is 10.1 Å². The Morgan fingerprint density at radius 3 is 2.65 bits per heavy atom. The number of halogens is 1. The molecular formula is C14H10IN2O5P. The minimum atomic E-state index is -4.72. The van der Waals surface area contributed by atoms with Crippen molar-refractivity contribution in [3.05, 3.63) is 56.4 Å². The molecule has 1 heterocycles. The quantitative estimate of drug-likeness (QED) is 0.423. The highest BCUT2D eigenvalue weighted by molar-refractivity contribution is 14.1. The van der Waals surface area contributed by atoms with Gasteiger partial charge in [0.05, 0.1) is 16.5 Å². The van der Waals surface area contributed by atoms with E-state index in [2.05, 4.69) is 37.1 Å². The van der Waals surface area contributed by atoms with Crippen molar-refractivity contribution in [2.75, 3.05) is 0 Å². The maximum absolute atomic E-state index is 12.2. The van der Waals surface area contributed by atoms with E-state index in [1.807, 2.05) is 6.07 Å². The maximum Gasteiger partial charge on any atom is 0.524 e. The van der Waals surface area contributed by atoms with Crippen LogP contribution in [-0.2, 0) is 4.57 Å². The van der Waals surface area contributed by atoms with Crippen molar-refractivity contribution in [3.8, 4) is 17.1 Å². The molecule has 3 rings (SSSR count). The Labute approximate surface area is 143 Å². The Kier molecular flexibility index (Phi) is 4.24. The zero-order valence-corrected chi connectivity index (χ0v) is 14.5. The second-order valence-electron chi connectivity index (χ2n) is 4.65. The van der Waals surface area contributed by atoms with Gasteiger partial charge in [-0.25, -0.2) is 9.55 Å². The molecule has 1 aromatic heterocycles. The van der Waals surface area contributed by atoms with E-state index in [9.17, 15) is 9.36 Å². The normalized spacial score (nSPS) is 11.6. The number of rotatable bonds is 3. The van der Waals surface area contributed by atoms with Crippen LogP contribution in [0.3, 0.4) is 0 Å². The minimum absolute atomic E-state index is 0.0613. The zero-order valence-electron chi connectivity index (χ0n) is 11.4. The average molecular weight is 444 g/mol. The van der Waals surface area contributed by atoms with Gasteiger partial charge in [0.1, 0.15) is 11.6 Å². The predicted molar refractivity (Wildman–Crippen MR) is 93.2 cm³/mol. The lowest BCUT2D eigenvalue weighted by Crippen LogP contribution is -2.10. The first kappa shape index (κ1) is 16.1. The molecule has 0 fully saturated rings. The first-order valence-corrected chi connectivity index (χ1v) is 8.98. The highest BCUT2D eigenvalue weighted by Gasteiger charge is 2.20. The van der Waals surface area contributed by atoms with E-state index in [1.54, 1.807) is 30.3 Å². The van der Waals surface area contributed by atoms with Crippen LogP contribution in [0.2, 0.25) is 0 Å². The van der Waals surface area contributed by atoms with Crippen molar-refractivity contribution in [1.29, 1.82) is 0 Å². The molecule has 0 aliphatic rings. The number of nitrogens with one attached hydrogen (secondary N) is 1. The molecule has 0 aliphatic carbocycles. The molecule has 3 aromatic rings. The zero-order chi connectivity index (χ0) is 16.6. The average Bonchev–Trinajstić information content (AvgIpc) is 2.47. The lowest BCUT2D eigenvalue weighted by molar-refractivity contribution is 0.283. The van der Waals surface area contributed by atoms with E-state index in [0.29, 0.717) is 10.9 Å². The van der Waals surface area contributed by atoms with Crippen molar-refractivity contribution in [1.82, 2.24) is 9.97 Å². The number of phosphoric ester groups is 1. The lowest BCUT2D eigenvalue weighted by atomic mass is 10.1. The second kappa shape index (κ2) is 6.04. The van der Waals surface area contributed by atoms with Crippen LogP contribution in [0, 0.1) is 3.57 Å². The van der Waals surface area contributed by atoms with Crippen LogP contribution in [0.1, 0.15) is 0 Å². The first-order chi connectivity index (χ1) is 10.8. The topological polar surface area (TPSA) is 113 Å². The number of nitrogens with zero attached hydrogens (tertiary/aromatic N) is 1. The number of hydrogen-bond acceptors (Lipinski definition) is 4. The molecule has 0 atom stereocenters. The van der Waals surface area contributed by atoms with Crippen molar-refractivity contribution < 1.29 is 18.9 Å². The van der Waals surface area contributed by atoms with Crippen LogP contribution in [0.4, 0.5) is 0 Å². The van der Waals surface area contributed by atoms with E-state index in [-0.39, 0.29) is 22.7 Å². The molecule has 9 heteroatoms. The van der Waals surface area contributed by atoms with Crippen LogP contribution in [0.25, 0.3) is 22.3 Å². The fraction of sp³-hybridized carbons (Fsp3) is 0. The highest BCUT2D eigenvalue weighted by atomic mass is 127. The van der Waals surface area contributed by atoms with Gasteiger partial charge in [0.15, 0.2) is 0 Å². The highest BCUT2D eigenvalue weighted by Crippen LogP contribution is 2.41. The Balaban J connectivity index is 2.20. The summed E-state index contributed by atoms with van der Waals surface area (Å²) < 4.78 is 16.6. The summed E-state index contributed by atoms with van der Waals surface area (Å²) in [4.78, 5) is 37.2. The molecule has 0 spiro atoms. The lowest BCUT2D eigenvalue weighted by Gasteiger charge is -2.11. The summed E-state index contributed by atoms with van der Waals surface area (Å²) in [5.41, 5.74) is 0.429. The third-order valence-corrected chi connectivity index (χ3v) is 4.13. The van der Waals surface area contributed by atoms with Crippen LogP contribution in [0.5, 0.6) is 5.75 Å². The summed E-state index contributed by atoms with van der Waals surface area (Å²) >= 11 is 2.10. The van der Waals surface area contributed by atoms with E-state index in [4.69, 9.17) is 9.79 Å². The second-order valence-corrected chi connectivity index (χ2v) is 7.06. The molecule has 3 N–H and O–H groups in total. The third-order valence-electron chi connectivity index (χ3n) is 3.03. The molecule has 0 amide bonds. The largest absolute Gasteiger partial charge is 0.524 e. The van der Waals surface area contributed by atoms with E-state index in [0.717, 1.165) is 3.57 Å². The van der Waals surface area contributed by atoms with Crippen LogP contribution >= 0.6 is 30.4 Å². The Morgan fingerprint density at radius 1 is 1.17 bits per heavy atom. The van der Waals surface area contributed by atoms with Gasteiger partial charge in [-0.3, -0.25) is 14.6 Å². The van der Waals surface area contributed by atoms with Gasteiger partial charge < -0.3 is 9.51 Å². The van der Waals surface area contributed by atoms with E-state index >= 15 is 0 Å². The summed E-state index contributed by atoms with van der Waals surface area (Å²) in [5.74, 6) is 0.113. The smallest absolute Gasteiger partial charge is 0.403 e. The number of hydrogen-bond donors (Lipinski definition) is 3. The first-order valence-electron chi connectivity index (χ1n) is 6.37. The van der Waals surface area contributed by atoms with Gasteiger partial charge in [-0.05, 0) is 52.9 Å². The molecule has 118 valence electrons. The number of para-hydroxylation sites is 1. The Hall–Kier alpha value is -1.74. The summed E-state index contributed by atoms with van der Waals surface area (Å²) in [6.07, 6.45) is 0. The number of aromatic amines is 1. The van der Waals surface area contributed by atoms with Gasteiger partial charge in [-0.2, -0.15) is 0 Å². The predicted octanol–water partition coefficient (Wildman–Crippen LogP) is 2.67. The number of phosphoric acid groups is 1. The van der Waals surface area contributed by atoms with Crippen LogP contribution in [0.15, 0.2) is 47.3 Å². The number of H-pyrrole nitrogens is 1. The number of fused-ring (bicyclic) bond motifs is 1. The molecule has 0 bridgehead atoms. The number of aromatic nitrogens is 2.